The minimum Gasteiger partial charge on any atom is -0.478 e. The molecule has 1 aromatic rings. The molecule has 1 unspecified atom stereocenters. The number of carboxylic acids is 1. The summed E-state index contributed by atoms with van der Waals surface area (Å²) < 4.78 is 0. The average molecular weight is 291 g/mol. The first-order valence-corrected chi connectivity index (χ1v) is 6.68. The summed E-state index contributed by atoms with van der Waals surface area (Å²) in [4.78, 5) is 40.1. The zero-order valence-corrected chi connectivity index (χ0v) is 11.9. The Hall–Kier alpha value is -2.44. The number of nitrogens with zero attached hydrogens (tertiary/aromatic N) is 2. The number of carboxylic acid groups (broad SMARTS) is 1. The van der Waals surface area contributed by atoms with Gasteiger partial charge in [0.05, 0.1) is 11.5 Å². The van der Waals surface area contributed by atoms with Crippen LogP contribution in [0.5, 0.6) is 0 Å². The molecule has 0 saturated carbocycles. The Labute approximate surface area is 122 Å². The van der Waals surface area contributed by atoms with E-state index in [9.17, 15) is 14.4 Å². The first-order valence-electron chi connectivity index (χ1n) is 6.68. The van der Waals surface area contributed by atoms with Crippen molar-refractivity contribution in [1.29, 1.82) is 0 Å². The fraction of sp³-hybridized carbons (Fsp3) is 0.429. The summed E-state index contributed by atoms with van der Waals surface area (Å²) in [5.41, 5.74) is 0.0510. The van der Waals surface area contributed by atoms with Gasteiger partial charge in [-0.05, 0) is 26.0 Å². The van der Waals surface area contributed by atoms with Crippen molar-refractivity contribution >= 4 is 23.6 Å². The van der Waals surface area contributed by atoms with E-state index in [0.717, 1.165) is 0 Å². The van der Waals surface area contributed by atoms with Crippen molar-refractivity contribution in [3.05, 3.63) is 23.9 Å². The van der Waals surface area contributed by atoms with E-state index in [0.29, 0.717) is 6.54 Å². The SMILES string of the molecule is CC(C)N1CC(C(=O)Nc2ccc(C(=O)O)cn2)CC1=O. The normalized spacial score (nSPS) is 18.1. The quantitative estimate of drug-likeness (QED) is 0.861. The van der Waals surface area contributed by atoms with Crippen molar-refractivity contribution in [1.82, 2.24) is 9.88 Å². The summed E-state index contributed by atoms with van der Waals surface area (Å²) in [6.45, 7) is 4.21. The number of hydrogen-bond donors (Lipinski definition) is 2. The Morgan fingerprint density at radius 3 is 2.62 bits per heavy atom. The average Bonchev–Trinajstić information content (AvgIpc) is 2.81. The van der Waals surface area contributed by atoms with Gasteiger partial charge in [-0.2, -0.15) is 0 Å². The molecule has 2 rings (SSSR count). The van der Waals surface area contributed by atoms with Gasteiger partial charge in [0.1, 0.15) is 5.82 Å². The third kappa shape index (κ3) is 3.36. The standard InChI is InChI=1S/C14H17N3O4/c1-8(2)17-7-10(5-12(17)18)13(19)16-11-4-3-9(6-15-11)14(20)21/h3-4,6,8,10H,5,7H2,1-2H3,(H,20,21)(H,15,16,19). The second-order valence-electron chi connectivity index (χ2n) is 5.27. The Morgan fingerprint density at radius 1 is 1.43 bits per heavy atom. The van der Waals surface area contributed by atoms with Crippen molar-refractivity contribution in [2.75, 3.05) is 11.9 Å². The van der Waals surface area contributed by atoms with Crippen molar-refractivity contribution in [2.45, 2.75) is 26.3 Å². The molecule has 7 nitrogen and oxygen atoms in total. The number of amides is 2. The van der Waals surface area contributed by atoms with Crippen molar-refractivity contribution in [2.24, 2.45) is 5.92 Å². The molecule has 1 aliphatic rings. The zero-order valence-electron chi connectivity index (χ0n) is 11.9. The topological polar surface area (TPSA) is 99.6 Å². The molecular formula is C14H17N3O4. The van der Waals surface area contributed by atoms with Crippen molar-refractivity contribution in [3.63, 3.8) is 0 Å². The highest BCUT2D eigenvalue weighted by Crippen LogP contribution is 2.21. The first kappa shape index (κ1) is 15.0. The van der Waals surface area contributed by atoms with E-state index in [1.165, 1.54) is 18.3 Å². The molecule has 1 saturated heterocycles. The van der Waals surface area contributed by atoms with Crippen LogP contribution in [-0.2, 0) is 9.59 Å². The van der Waals surface area contributed by atoms with Crippen LogP contribution in [0.1, 0.15) is 30.6 Å². The van der Waals surface area contributed by atoms with E-state index in [-0.39, 0.29) is 35.7 Å². The minimum absolute atomic E-state index is 0.0284. The maximum Gasteiger partial charge on any atom is 0.337 e. The molecular weight excluding hydrogens is 274 g/mol. The lowest BCUT2D eigenvalue weighted by Crippen LogP contribution is -2.33. The molecule has 0 aliphatic carbocycles. The number of carbonyl (C=O) groups is 3. The Balaban J connectivity index is 1.99. The van der Waals surface area contributed by atoms with Gasteiger partial charge >= 0.3 is 5.97 Å². The lowest BCUT2D eigenvalue weighted by Gasteiger charge is -2.20. The molecule has 0 radical (unpaired) electrons. The molecule has 7 heteroatoms. The Morgan fingerprint density at radius 2 is 2.14 bits per heavy atom. The summed E-state index contributed by atoms with van der Waals surface area (Å²) >= 11 is 0. The molecule has 0 aromatic carbocycles. The highest BCUT2D eigenvalue weighted by atomic mass is 16.4. The summed E-state index contributed by atoms with van der Waals surface area (Å²) in [6, 6.07) is 2.87. The number of rotatable bonds is 4. The fourth-order valence-electron chi connectivity index (χ4n) is 2.23. The third-order valence-electron chi connectivity index (χ3n) is 3.41. The number of nitrogens with one attached hydrogen (secondary N) is 1. The van der Waals surface area contributed by atoms with Crippen molar-refractivity contribution in [3.8, 4) is 0 Å². The van der Waals surface area contributed by atoms with E-state index >= 15 is 0 Å². The van der Waals surface area contributed by atoms with Crippen LogP contribution in [0, 0.1) is 5.92 Å². The third-order valence-corrected chi connectivity index (χ3v) is 3.41. The van der Waals surface area contributed by atoms with Gasteiger partial charge in [-0.1, -0.05) is 0 Å². The van der Waals surface area contributed by atoms with Crippen LogP contribution in [0.25, 0.3) is 0 Å². The second-order valence-corrected chi connectivity index (χ2v) is 5.27. The summed E-state index contributed by atoms with van der Waals surface area (Å²) in [6.07, 6.45) is 1.37. The summed E-state index contributed by atoms with van der Waals surface area (Å²) in [7, 11) is 0. The van der Waals surface area contributed by atoms with Gasteiger partial charge in [-0.15, -0.1) is 0 Å². The van der Waals surface area contributed by atoms with Crippen LogP contribution in [0.15, 0.2) is 18.3 Å². The van der Waals surface area contributed by atoms with E-state index in [2.05, 4.69) is 10.3 Å². The van der Waals surface area contributed by atoms with Crippen LogP contribution < -0.4 is 5.32 Å². The number of anilines is 1. The molecule has 2 amide bonds. The van der Waals surface area contributed by atoms with Crippen LogP contribution in [-0.4, -0.2) is 45.4 Å². The molecule has 1 atom stereocenters. The number of hydrogen-bond acceptors (Lipinski definition) is 4. The smallest absolute Gasteiger partial charge is 0.337 e. The molecule has 0 spiro atoms. The van der Waals surface area contributed by atoms with Gasteiger partial charge in [0.25, 0.3) is 0 Å². The van der Waals surface area contributed by atoms with Crippen LogP contribution in [0.4, 0.5) is 5.82 Å². The van der Waals surface area contributed by atoms with E-state index in [4.69, 9.17) is 5.11 Å². The van der Waals surface area contributed by atoms with Crippen molar-refractivity contribution < 1.29 is 19.5 Å². The monoisotopic (exact) mass is 291 g/mol. The molecule has 21 heavy (non-hydrogen) atoms. The van der Waals surface area contributed by atoms with E-state index in [1.807, 2.05) is 13.8 Å². The van der Waals surface area contributed by atoms with Gasteiger partial charge in [0.2, 0.25) is 11.8 Å². The van der Waals surface area contributed by atoms with Crippen LogP contribution in [0.3, 0.4) is 0 Å². The molecule has 1 aromatic heterocycles. The maximum absolute atomic E-state index is 12.1. The number of likely N-dealkylation sites (tertiary alicyclic amines) is 1. The minimum atomic E-state index is -1.07. The Kier molecular flexibility index (Phi) is 4.21. The van der Waals surface area contributed by atoms with Gasteiger partial charge in [-0.3, -0.25) is 9.59 Å². The Bertz CT molecular complexity index is 568. The van der Waals surface area contributed by atoms with Crippen LogP contribution >= 0.6 is 0 Å². The highest BCUT2D eigenvalue weighted by molar-refractivity contribution is 5.97. The molecule has 112 valence electrons. The molecule has 0 bridgehead atoms. The van der Waals surface area contributed by atoms with Crippen LogP contribution in [0.2, 0.25) is 0 Å². The molecule has 2 heterocycles. The fourth-order valence-corrected chi connectivity index (χ4v) is 2.23. The lowest BCUT2D eigenvalue weighted by atomic mass is 10.1. The highest BCUT2D eigenvalue weighted by Gasteiger charge is 2.35. The summed E-state index contributed by atoms with van der Waals surface area (Å²) in [5.74, 6) is -1.50. The predicted molar refractivity (Wildman–Crippen MR) is 74.8 cm³/mol. The summed E-state index contributed by atoms with van der Waals surface area (Å²) in [5, 5.41) is 11.4. The predicted octanol–water partition coefficient (Wildman–Crippen LogP) is 0.975. The number of pyridine rings is 1. The number of aromatic nitrogens is 1. The molecule has 2 N–H and O–H groups in total. The lowest BCUT2D eigenvalue weighted by molar-refractivity contribution is -0.129. The number of carbonyl (C=O) groups excluding carboxylic acids is 2. The molecule has 1 aliphatic heterocycles. The maximum atomic E-state index is 12.1. The largest absolute Gasteiger partial charge is 0.478 e. The first-order chi connectivity index (χ1) is 9.88. The van der Waals surface area contributed by atoms with Gasteiger partial charge in [0.15, 0.2) is 0 Å². The van der Waals surface area contributed by atoms with E-state index < -0.39 is 11.9 Å². The zero-order chi connectivity index (χ0) is 15.6. The van der Waals surface area contributed by atoms with Gasteiger partial charge in [0, 0.05) is 25.2 Å². The van der Waals surface area contributed by atoms with Gasteiger partial charge < -0.3 is 15.3 Å². The number of aromatic carboxylic acids is 1. The molecule has 1 fully saturated rings. The van der Waals surface area contributed by atoms with E-state index in [1.54, 1.807) is 4.90 Å². The second kappa shape index (κ2) is 5.90. The van der Waals surface area contributed by atoms with Gasteiger partial charge in [-0.25, -0.2) is 9.78 Å².